The Hall–Kier alpha value is -2.89. The number of hydrogen-bond acceptors (Lipinski definition) is 6. The summed E-state index contributed by atoms with van der Waals surface area (Å²) in [6.07, 6.45) is 2.67. The van der Waals surface area contributed by atoms with Gasteiger partial charge in [0.05, 0.1) is 6.20 Å². The van der Waals surface area contributed by atoms with Gasteiger partial charge in [-0.25, -0.2) is 9.97 Å². The van der Waals surface area contributed by atoms with E-state index in [0.717, 1.165) is 0 Å². The van der Waals surface area contributed by atoms with E-state index >= 15 is 0 Å². The molecule has 0 saturated heterocycles. The smallest absolute Gasteiger partial charge is 0.211 e. The molecule has 0 aliphatic rings. The topological polar surface area (TPSA) is 96.5 Å². The molecule has 6 heteroatoms. The summed E-state index contributed by atoms with van der Waals surface area (Å²) in [7, 11) is 0. The summed E-state index contributed by atoms with van der Waals surface area (Å²) in [4.78, 5) is 19.5. The zero-order valence-corrected chi connectivity index (χ0v) is 9.57. The molecule has 0 unspecified atom stereocenters. The van der Waals surface area contributed by atoms with Gasteiger partial charge in [-0.15, -0.1) is 0 Å². The van der Waals surface area contributed by atoms with Crippen molar-refractivity contribution in [3.63, 3.8) is 0 Å². The molecule has 0 radical (unpaired) electrons. The Morgan fingerprint density at radius 2 is 1.95 bits per heavy atom. The van der Waals surface area contributed by atoms with Crippen molar-refractivity contribution in [2.75, 3.05) is 0 Å². The van der Waals surface area contributed by atoms with Gasteiger partial charge in [-0.1, -0.05) is 0 Å². The minimum Gasteiger partial charge on any atom is -0.504 e. The fourth-order valence-corrected chi connectivity index (χ4v) is 1.73. The van der Waals surface area contributed by atoms with E-state index in [-0.39, 0.29) is 33.8 Å². The van der Waals surface area contributed by atoms with Crippen LogP contribution in [0.25, 0.3) is 22.4 Å². The van der Waals surface area contributed by atoms with Crippen LogP contribution in [-0.2, 0) is 0 Å². The Bertz CT molecular complexity index is 826. The highest BCUT2D eigenvalue weighted by atomic mass is 16.3. The minimum atomic E-state index is -0.300. The van der Waals surface area contributed by atoms with Gasteiger partial charge >= 0.3 is 0 Å². The molecule has 19 heavy (non-hydrogen) atoms. The Kier molecular flexibility index (Phi) is 2.42. The van der Waals surface area contributed by atoms with Crippen molar-refractivity contribution < 1.29 is 14.6 Å². The van der Waals surface area contributed by atoms with E-state index in [0.29, 0.717) is 5.56 Å². The summed E-state index contributed by atoms with van der Waals surface area (Å²) in [6.45, 7) is 0. The number of phenolic OH excluding ortho intramolecular Hbond substituents is 2. The van der Waals surface area contributed by atoms with Crippen molar-refractivity contribution in [3.8, 4) is 22.8 Å². The molecule has 0 fully saturated rings. The van der Waals surface area contributed by atoms with E-state index in [1.165, 1.54) is 36.8 Å². The molecule has 94 valence electrons. The molecule has 2 aromatic heterocycles. The first-order chi connectivity index (χ1) is 9.15. The van der Waals surface area contributed by atoms with Crippen molar-refractivity contribution in [2.45, 2.75) is 0 Å². The van der Waals surface area contributed by atoms with E-state index in [4.69, 9.17) is 4.42 Å². The van der Waals surface area contributed by atoms with Crippen LogP contribution in [-0.4, -0.2) is 20.2 Å². The van der Waals surface area contributed by atoms with Gasteiger partial charge in [-0.05, 0) is 18.2 Å². The van der Waals surface area contributed by atoms with E-state index < -0.39 is 0 Å². The highest BCUT2D eigenvalue weighted by Crippen LogP contribution is 2.30. The normalized spacial score (nSPS) is 10.7. The van der Waals surface area contributed by atoms with Crippen molar-refractivity contribution in [3.05, 3.63) is 47.0 Å². The molecule has 0 bridgehead atoms. The van der Waals surface area contributed by atoms with Crippen LogP contribution >= 0.6 is 0 Å². The number of phenols is 2. The molecule has 0 aliphatic carbocycles. The maximum absolute atomic E-state index is 11.9. The van der Waals surface area contributed by atoms with Crippen LogP contribution in [0, 0.1) is 0 Å². The molecular formula is C13H8N2O4. The highest BCUT2D eigenvalue weighted by molar-refractivity contribution is 5.74. The molecule has 2 N–H and O–H groups in total. The van der Waals surface area contributed by atoms with Crippen LogP contribution < -0.4 is 5.43 Å². The first kappa shape index (κ1) is 11.2. The fraction of sp³-hybridized carbons (Fsp3) is 0. The van der Waals surface area contributed by atoms with Gasteiger partial charge in [-0.3, -0.25) is 4.79 Å². The lowest BCUT2D eigenvalue weighted by molar-refractivity contribution is 0.404. The molecule has 2 heterocycles. The Balaban J connectivity index is 2.25. The maximum Gasteiger partial charge on any atom is 0.211 e. The lowest BCUT2D eigenvalue weighted by Gasteiger charge is -2.03. The number of benzene rings is 1. The number of fused-ring (bicyclic) bond motifs is 1. The van der Waals surface area contributed by atoms with Gasteiger partial charge in [0, 0.05) is 11.6 Å². The number of nitrogens with zero attached hydrogens (tertiary/aromatic N) is 2. The van der Waals surface area contributed by atoms with E-state index in [1.807, 2.05) is 0 Å². The number of aromatic hydroxyl groups is 2. The van der Waals surface area contributed by atoms with Crippen LogP contribution in [0.3, 0.4) is 0 Å². The second-order valence-corrected chi connectivity index (χ2v) is 3.91. The molecule has 0 spiro atoms. The van der Waals surface area contributed by atoms with Crippen LogP contribution in [0.4, 0.5) is 0 Å². The molecule has 1 aromatic carbocycles. The summed E-state index contributed by atoms with van der Waals surface area (Å²) in [5, 5.41) is 18.7. The average Bonchev–Trinajstić information content (AvgIpc) is 2.42. The van der Waals surface area contributed by atoms with Gasteiger partial charge in [0.25, 0.3) is 0 Å². The lowest BCUT2D eigenvalue weighted by atomic mass is 10.1. The van der Waals surface area contributed by atoms with Gasteiger partial charge in [0.15, 0.2) is 22.6 Å². The van der Waals surface area contributed by atoms with E-state index in [1.54, 1.807) is 0 Å². The minimum absolute atomic E-state index is 0.196. The molecule has 0 saturated carbocycles. The number of rotatable bonds is 1. The number of aromatic nitrogens is 2. The molecule has 0 amide bonds. The molecule has 0 atom stereocenters. The molecule has 0 aliphatic heterocycles. The SMILES string of the molecule is O=c1cc(-c2ccc(O)c(O)c2)oc2cncnc12. The van der Waals surface area contributed by atoms with Crippen molar-refractivity contribution in [1.82, 2.24) is 9.97 Å². The second-order valence-electron chi connectivity index (χ2n) is 3.91. The van der Waals surface area contributed by atoms with Crippen molar-refractivity contribution in [1.29, 1.82) is 0 Å². The Morgan fingerprint density at radius 1 is 1.11 bits per heavy atom. The summed E-state index contributed by atoms with van der Waals surface area (Å²) >= 11 is 0. The van der Waals surface area contributed by atoms with E-state index in [2.05, 4.69) is 9.97 Å². The van der Waals surface area contributed by atoms with E-state index in [9.17, 15) is 15.0 Å². The van der Waals surface area contributed by atoms with Gasteiger partial charge in [-0.2, -0.15) is 0 Å². The molecular weight excluding hydrogens is 248 g/mol. The summed E-state index contributed by atoms with van der Waals surface area (Å²) in [5.74, 6) is -0.262. The van der Waals surface area contributed by atoms with Crippen LogP contribution in [0.1, 0.15) is 0 Å². The summed E-state index contributed by atoms with van der Waals surface area (Å²) in [5.41, 5.74) is 0.628. The summed E-state index contributed by atoms with van der Waals surface area (Å²) < 4.78 is 5.51. The molecule has 3 rings (SSSR count). The molecule has 3 aromatic rings. The van der Waals surface area contributed by atoms with Crippen molar-refractivity contribution >= 4 is 11.1 Å². The van der Waals surface area contributed by atoms with Gasteiger partial charge < -0.3 is 14.6 Å². The largest absolute Gasteiger partial charge is 0.504 e. The monoisotopic (exact) mass is 256 g/mol. The van der Waals surface area contributed by atoms with Gasteiger partial charge in [0.2, 0.25) is 5.43 Å². The summed E-state index contributed by atoms with van der Waals surface area (Å²) in [6, 6.07) is 5.43. The Morgan fingerprint density at radius 3 is 2.74 bits per heavy atom. The predicted octanol–water partition coefficient (Wildman–Crippen LogP) is 1.66. The predicted molar refractivity (Wildman–Crippen MR) is 66.8 cm³/mol. The van der Waals surface area contributed by atoms with Crippen LogP contribution in [0.2, 0.25) is 0 Å². The standard InChI is InChI=1S/C13H8N2O4/c16-8-2-1-7(3-9(8)17)11-4-10(18)13-12(19-11)5-14-6-15-13/h1-6,16-17H. The van der Waals surface area contributed by atoms with Crippen LogP contribution in [0.5, 0.6) is 11.5 Å². The second kappa shape index (κ2) is 4.09. The fourth-order valence-electron chi connectivity index (χ4n) is 1.73. The quantitative estimate of drug-likeness (QED) is 0.643. The number of hydrogen-bond donors (Lipinski definition) is 2. The zero-order chi connectivity index (χ0) is 13.4. The first-order valence-corrected chi connectivity index (χ1v) is 5.41. The maximum atomic E-state index is 11.9. The molecule has 6 nitrogen and oxygen atoms in total. The first-order valence-electron chi connectivity index (χ1n) is 5.41. The third-order valence-electron chi connectivity index (χ3n) is 2.65. The third kappa shape index (κ3) is 1.89. The zero-order valence-electron chi connectivity index (χ0n) is 9.57. The lowest BCUT2D eigenvalue weighted by Crippen LogP contribution is -2.02. The highest BCUT2D eigenvalue weighted by Gasteiger charge is 2.09. The average molecular weight is 256 g/mol. The third-order valence-corrected chi connectivity index (χ3v) is 2.65. The van der Waals surface area contributed by atoms with Gasteiger partial charge in [0.1, 0.15) is 12.1 Å². The Labute approximate surface area is 106 Å². The van der Waals surface area contributed by atoms with Crippen LogP contribution in [0.15, 0.2) is 46.0 Å². The van der Waals surface area contributed by atoms with Crippen molar-refractivity contribution in [2.24, 2.45) is 0 Å².